The van der Waals surface area contributed by atoms with Crippen molar-refractivity contribution in [3.63, 3.8) is 0 Å². The number of carbonyl (C=O) groups is 1. The van der Waals surface area contributed by atoms with Crippen molar-refractivity contribution in [3.05, 3.63) is 23.2 Å². The second kappa shape index (κ2) is 6.50. The van der Waals surface area contributed by atoms with Crippen LogP contribution in [0.3, 0.4) is 0 Å². The third-order valence-electron chi connectivity index (χ3n) is 2.50. The molecule has 3 N–H and O–H groups in total. The van der Waals surface area contributed by atoms with Crippen LogP contribution < -0.4 is 16.0 Å². The smallest absolute Gasteiger partial charge is 0.239 e. The van der Waals surface area contributed by atoms with Crippen molar-refractivity contribution in [3.8, 4) is 0 Å². The molecule has 0 aromatic heterocycles. The maximum atomic E-state index is 11.8. The van der Waals surface area contributed by atoms with Crippen LogP contribution in [0.15, 0.2) is 18.2 Å². The molecule has 0 aliphatic rings. The Labute approximate surface area is 113 Å². The minimum absolute atomic E-state index is 0.0360. The Kier molecular flexibility index (Phi) is 5.28. The number of benzene rings is 1. The number of nitrogens with zero attached hydrogens (tertiary/aromatic N) is 1. The molecule has 0 bridgehead atoms. The van der Waals surface area contributed by atoms with Gasteiger partial charge in [0.25, 0.3) is 0 Å². The van der Waals surface area contributed by atoms with Crippen molar-refractivity contribution in [1.82, 2.24) is 5.32 Å². The maximum absolute atomic E-state index is 11.8. The molecule has 0 aliphatic heterocycles. The zero-order chi connectivity index (χ0) is 13.7. The normalized spacial score (nSPS) is 10.5. The van der Waals surface area contributed by atoms with Gasteiger partial charge in [-0.25, -0.2) is 0 Å². The summed E-state index contributed by atoms with van der Waals surface area (Å²) in [7, 11) is 0. The third kappa shape index (κ3) is 3.81. The van der Waals surface area contributed by atoms with Crippen LogP contribution in [0.2, 0.25) is 5.02 Å². The lowest BCUT2D eigenvalue weighted by Crippen LogP contribution is -2.40. The number of hydrogen-bond acceptors (Lipinski definition) is 3. The highest BCUT2D eigenvalue weighted by molar-refractivity contribution is 6.34. The molecule has 0 heterocycles. The van der Waals surface area contributed by atoms with E-state index in [9.17, 15) is 4.79 Å². The first kappa shape index (κ1) is 14.6. The second-order valence-corrected chi connectivity index (χ2v) is 4.82. The standard InChI is InChI=1S/C13H20ClN3O/c1-4-17(8-12(18)16-9(2)3)13-10(14)6-5-7-11(13)15/h5-7,9H,4,8,15H2,1-3H3,(H,16,18). The first-order valence-electron chi connectivity index (χ1n) is 6.04. The molecule has 1 aromatic carbocycles. The number of anilines is 2. The lowest BCUT2D eigenvalue weighted by molar-refractivity contribution is -0.120. The van der Waals surface area contributed by atoms with Crippen LogP contribution in [-0.4, -0.2) is 25.0 Å². The minimum Gasteiger partial charge on any atom is -0.397 e. The van der Waals surface area contributed by atoms with E-state index >= 15 is 0 Å². The van der Waals surface area contributed by atoms with Gasteiger partial charge in [-0.05, 0) is 32.9 Å². The summed E-state index contributed by atoms with van der Waals surface area (Å²) >= 11 is 6.14. The summed E-state index contributed by atoms with van der Waals surface area (Å²) in [6.45, 7) is 6.74. The molecule has 1 amide bonds. The highest BCUT2D eigenvalue weighted by Crippen LogP contribution is 2.31. The van der Waals surface area contributed by atoms with E-state index in [1.54, 1.807) is 18.2 Å². The van der Waals surface area contributed by atoms with Crippen LogP contribution in [0.5, 0.6) is 0 Å². The van der Waals surface area contributed by atoms with Gasteiger partial charge in [0.15, 0.2) is 0 Å². The highest BCUT2D eigenvalue weighted by atomic mass is 35.5. The number of nitrogens with one attached hydrogen (secondary N) is 1. The van der Waals surface area contributed by atoms with Crippen LogP contribution >= 0.6 is 11.6 Å². The monoisotopic (exact) mass is 269 g/mol. The molecule has 0 atom stereocenters. The van der Waals surface area contributed by atoms with Crippen LogP contribution in [0, 0.1) is 0 Å². The number of hydrogen-bond donors (Lipinski definition) is 2. The fourth-order valence-electron chi connectivity index (χ4n) is 1.76. The van der Waals surface area contributed by atoms with Gasteiger partial charge in [0.05, 0.1) is 22.9 Å². The number of amides is 1. The molecule has 0 unspecified atom stereocenters. The lowest BCUT2D eigenvalue weighted by atomic mass is 10.2. The van der Waals surface area contributed by atoms with E-state index in [-0.39, 0.29) is 18.5 Å². The van der Waals surface area contributed by atoms with Crippen LogP contribution in [0.4, 0.5) is 11.4 Å². The summed E-state index contributed by atoms with van der Waals surface area (Å²) in [6, 6.07) is 5.48. The average Bonchev–Trinajstić information content (AvgIpc) is 2.26. The van der Waals surface area contributed by atoms with E-state index in [2.05, 4.69) is 5.32 Å². The van der Waals surface area contributed by atoms with Gasteiger partial charge in [-0.15, -0.1) is 0 Å². The van der Waals surface area contributed by atoms with Gasteiger partial charge < -0.3 is 16.0 Å². The fraction of sp³-hybridized carbons (Fsp3) is 0.462. The highest BCUT2D eigenvalue weighted by Gasteiger charge is 2.15. The van der Waals surface area contributed by atoms with Crippen molar-refractivity contribution in [2.24, 2.45) is 0 Å². The Morgan fingerprint density at radius 3 is 2.67 bits per heavy atom. The molecule has 5 heteroatoms. The zero-order valence-corrected chi connectivity index (χ0v) is 11.8. The van der Waals surface area contributed by atoms with Gasteiger partial charge in [-0.1, -0.05) is 17.7 Å². The Bertz CT molecular complexity index is 400. The van der Waals surface area contributed by atoms with Crippen molar-refractivity contribution < 1.29 is 4.79 Å². The van der Waals surface area contributed by atoms with Gasteiger partial charge in [0.2, 0.25) is 5.91 Å². The van der Waals surface area contributed by atoms with E-state index in [4.69, 9.17) is 17.3 Å². The number of halogens is 1. The van der Waals surface area contributed by atoms with Crippen LogP contribution in [0.25, 0.3) is 0 Å². The Hall–Kier alpha value is -1.42. The lowest BCUT2D eigenvalue weighted by Gasteiger charge is -2.25. The summed E-state index contributed by atoms with van der Waals surface area (Å²) in [6.07, 6.45) is 0. The molecule has 0 fully saturated rings. The molecule has 0 aliphatic carbocycles. The van der Waals surface area contributed by atoms with Crippen molar-refractivity contribution >= 4 is 28.9 Å². The summed E-state index contributed by atoms with van der Waals surface area (Å²) in [5.41, 5.74) is 7.22. The van der Waals surface area contributed by atoms with E-state index in [1.807, 2.05) is 25.7 Å². The predicted octanol–water partition coefficient (Wildman–Crippen LogP) is 2.27. The number of carbonyl (C=O) groups excluding carboxylic acids is 1. The Morgan fingerprint density at radius 2 is 2.17 bits per heavy atom. The van der Waals surface area contributed by atoms with Gasteiger partial charge in [-0.3, -0.25) is 4.79 Å². The van der Waals surface area contributed by atoms with E-state index in [0.717, 1.165) is 5.69 Å². The molecule has 0 saturated carbocycles. The summed E-state index contributed by atoms with van der Waals surface area (Å²) in [5.74, 6) is -0.0360. The topological polar surface area (TPSA) is 58.4 Å². The summed E-state index contributed by atoms with van der Waals surface area (Å²) in [5, 5.41) is 3.42. The maximum Gasteiger partial charge on any atom is 0.239 e. The van der Waals surface area contributed by atoms with Crippen molar-refractivity contribution in [2.75, 3.05) is 23.7 Å². The predicted molar refractivity (Wildman–Crippen MR) is 77.0 cm³/mol. The Morgan fingerprint density at radius 1 is 1.50 bits per heavy atom. The third-order valence-corrected chi connectivity index (χ3v) is 2.81. The number of para-hydroxylation sites is 1. The average molecular weight is 270 g/mol. The zero-order valence-electron chi connectivity index (χ0n) is 11.0. The van der Waals surface area contributed by atoms with E-state index in [0.29, 0.717) is 17.3 Å². The van der Waals surface area contributed by atoms with Gasteiger partial charge >= 0.3 is 0 Å². The van der Waals surface area contributed by atoms with Crippen LogP contribution in [-0.2, 0) is 4.79 Å². The van der Waals surface area contributed by atoms with E-state index in [1.165, 1.54) is 0 Å². The fourth-order valence-corrected chi connectivity index (χ4v) is 2.06. The first-order valence-corrected chi connectivity index (χ1v) is 6.41. The quantitative estimate of drug-likeness (QED) is 0.807. The molecule has 1 rings (SSSR count). The summed E-state index contributed by atoms with van der Waals surface area (Å²) < 4.78 is 0. The number of rotatable bonds is 5. The second-order valence-electron chi connectivity index (χ2n) is 4.41. The Balaban J connectivity index is 2.87. The molecule has 100 valence electrons. The number of likely N-dealkylation sites (N-methyl/N-ethyl adjacent to an activating group) is 1. The SMILES string of the molecule is CCN(CC(=O)NC(C)C)c1c(N)cccc1Cl. The molecule has 0 saturated heterocycles. The molecule has 0 radical (unpaired) electrons. The minimum atomic E-state index is -0.0360. The first-order chi connectivity index (χ1) is 8.45. The van der Waals surface area contributed by atoms with Crippen molar-refractivity contribution in [2.45, 2.75) is 26.8 Å². The van der Waals surface area contributed by atoms with Gasteiger partial charge in [0, 0.05) is 12.6 Å². The molecular formula is C13H20ClN3O. The molecule has 0 spiro atoms. The summed E-state index contributed by atoms with van der Waals surface area (Å²) in [4.78, 5) is 13.7. The largest absolute Gasteiger partial charge is 0.397 e. The number of nitrogens with two attached hydrogens (primary N) is 1. The number of nitrogen functional groups attached to an aromatic ring is 1. The van der Waals surface area contributed by atoms with Crippen molar-refractivity contribution in [1.29, 1.82) is 0 Å². The molecule has 18 heavy (non-hydrogen) atoms. The van der Waals surface area contributed by atoms with E-state index < -0.39 is 0 Å². The molecular weight excluding hydrogens is 250 g/mol. The van der Waals surface area contributed by atoms with Gasteiger partial charge in [-0.2, -0.15) is 0 Å². The van der Waals surface area contributed by atoms with Crippen LogP contribution in [0.1, 0.15) is 20.8 Å². The molecule has 1 aromatic rings. The molecule has 4 nitrogen and oxygen atoms in total. The van der Waals surface area contributed by atoms with Gasteiger partial charge in [0.1, 0.15) is 0 Å².